The molecule has 1 aliphatic carbocycles. The molecular weight excluding hydrogens is 526 g/mol. The van der Waals surface area contributed by atoms with Crippen molar-refractivity contribution >= 4 is 11.9 Å². The molecule has 2 aliphatic heterocycles. The lowest BCUT2D eigenvalue weighted by atomic mass is 9.93. The molecule has 0 radical (unpaired) electrons. The van der Waals surface area contributed by atoms with Crippen molar-refractivity contribution in [2.45, 2.75) is 72.3 Å². The highest BCUT2D eigenvalue weighted by molar-refractivity contribution is 5.71. The predicted octanol–water partition coefficient (Wildman–Crippen LogP) is 6.71. The van der Waals surface area contributed by atoms with Crippen LogP contribution in [0.15, 0.2) is 48.5 Å². The summed E-state index contributed by atoms with van der Waals surface area (Å²) in [5, 5.41) is 0. The summed E-state index contributed by atoms with van der Waals surface area (Å²) in [6.07, 6.45) is 1.86. The van der Waals surface area contributed by atoms with Crippen LogP contribution in [0.5, 0.6) is 5.75 Å². The third-order valence-electron chi connectivity index (χ3n) is 8.82. The van der Waals surface area contributed by atoms with Crippen LogP contribution >= 0.6 is 0 Å². The van der Waals surface area contributed by atoms with Gasteiger partial charge in [-0.15, -0.1) is 0 Å². The van der Waals surface area contributed by atoms with E-state index in [0.29, 0.717) is 25.7 Å². The van der Waals surface area contributed by atoms with E-state index in [0.717, 1.165) is 65.4 Å². The van der Waals surface area contributed by atoms with Crippen LogP contribution in [0.25, 0.3) is 11.3 Å². The number of fused-ring (bicyclic) bond motifs is 2. The quantitative estimate of drug-likeness (QED) is 0.315. The number of amides is 1. The molecular formula is C35H43N3O4. The fourth-order valence-electron chi connectivity index (χ4n) is 6.66. The molecule has 3 aliphatic rings. The SMILES string of the molecule is COC[C@H]1[C@@H]2C[C@@H]2CN1c1cccc(-c2cccc(C)c2OCc2cc(C)c3c(c2)CCN(C(=O)OC(C)(C)C)C3)n1. The highest BCUT2D eigenvalue weighted by atomic mass is 16.6. The van der Waals surface area contributed by atoms with E-state index < -0.39 is 5.60 Å². The summed E-state index contributed by atoms with van der Waals surface area (Å²) in [4.78, 5) is 22.0. The highest BCUT2D eigenvalue weighted by Crippen LogP contribution is 2.50. The maximum absolute atomic E-state index is 12.7. The van der Waals surface area contributed by atoms with Gasteiger partial charge in [0.15, 0.2) is 0 Å². The molecule has 1 amide bonds. The second kappa shape index (κ2) is 11.3. The first-order valence-electron chi connectivity index (χ1n) is 15.2. The van der Waals surface area contributed by atoms with Crippen molar-refractivity contribution in [1.82, 2.24) is 9.88 Å². The van der Waals surface area contributed by atoms with Gasteiger partial charge >= 0.3 is 6.09 Å². The molecule has 222 valence electrons. The van der Waals surface area contributed by atoms with Crippen LogP contribution in [0.4, 0.5) is 10.6 Å². The van der Waals surface area contributed by atoms with E-state index in [1.165, 1.54) is 23.1 Å². The minimum Gasteiger partial charge on any atom is -0.488 e. The fourth-order valence-corrected chi connectivity index (χ4v) is 6.66. The van der Waals surface area contributed by atoms with Crippen molar-refractivity contribution in [3.63, 3.8) is 0 Å². The van der Waals surface area contributed by atoms with Crippen LogP contribution < -0.4 is 9.64 Å². The van der Waals surface area contributed by atoms with Crippen molar-refractivity contribution in [1.29, 1.82) is 0 Å². The molecule has 1 saturated carbocycles. The van der Waals surface area contributed by atoms with Crippen molar-refractivity contribution in [2.75, 3.05) is 31.7 Å². The average molecular weight is 570 g/mol. The van der Waals surface area contributed by atoms with Gasteiger partial charge in [0.1, 0.15) is 23.8 Å². The van der Waals surface area contributed by atoms with Crippen molar-refractivity contribution < 1.29 is 19.0 Å². The van der Waals surface area contributed by atoms with Crippen LogP contribution in [0.2, 0.25) is 0 Å². The van der Waals surface area contributed by atoms with Crippen LogP contribution in [0.1, 0.15) is 55.0 Å². The van der Waals surface area contributed by atoms with Gasteiger partial charge in [0.25, 0.3) is 0 Å². The summed E-state index contributed by atoms with van der Waals surface area (Å²) >= 11 is 0. The van der Waals surface area contributed by atoms with E-state index >= 15 is 0 Å². The van der Waals surface area contributed by atoms with Gasteiger partial charge in [0, 0.05) is 32.3 Å². The maximum Gasteiger partial charge on any atom is 0.410 e. The van der Waals surface area contributed by atoms with Gasteiger partial charge in [-0.2, -0.15) is 0 Å². The van der Waals surface area contributed by atoms with Crippen LogP contribution in [-0.4, -0.2) is 54.4 Å². The fraction of sp³-hybridized carbons (Fsp3) is 0.486. The Labute approximate surface area is 249 Å². The summed E-state index contributed by atoms with van der Waals surface area (Å²) in [5.74, 6) is 3.38. The lowest BCUT2D eigenvalue weighted by molar-refractivity contribution is 0.0223. The largest absolute Gasteiger partial charge is 0.488 e. The Morgan fingerprint density at radius 3 is 2.67 bits per heavy atom. The molecule has 3 atom stereocenters. The molecule has 7 heteroatoms. The number of methoxy groups -OCH3 is 1. The molecule has 7 nitrogen and oxygen atoms in total. The summed E-state index contributed by atoms with van der Waals surface area (Å²) in [7, 11) is 1.79. The Bertz CT molecular complexity index is 1480. The number of pyridine rings is 1. The van der Waals surface area contributed by atoms with E-state index in [4.69, 9.17) is 19.2 Å². The molecule has 1 saturated heterocycles. The molecule has 6 rings (SSSR count). The number of nitrogens with zero attached hydrogens (tertiary/aromatic N) is 3. The highest BCUT2D eigenvalue weighted by Gasteiger charge is 2.52. The normalized spacial score (nSPS) is 21.1. The third-order valence-corrected chi connectivity index (χ3v) is 8.82. The molecule has 0 N–H and O–H groups in total. The van der Waals surface area contributed by atoms with Gasteiger partial charge < -0.3 is 24.0 Å². The Morgan fingerprint density at radius 1 is 1.07 bits per heavy atom. The Balaban J connectivity index is 1.19. The number of carbonyl (C=O) groups is 1. The molecule has 0 unspecified atom stereocenters. The number of ether oxygens (including phenoxy) is 3. The van der Waals surface area contributed by atoms with Crippen LogP contribution in [-0.2, 0) is 29.0 Å². The van der Waals surface area contributed by atoms with Gasteiger partial charge in [-0.25, -0.2) is 9.78 Å². The maximum atomic E-state index is 12.7. The lowest BCUT2D eigenvalue weighted by Crippen LogP contribution is -2.40. The summed E-state index contributed by atoms with van der Waals surface area (Å²) < 4.78 is 17.7. The minimum absolute atomic E-state index is 0.250. The summed E-state index contributed by atoms with van der Waals surface area (Å²) in [6.45, 7) is 13.4. The van der Waals surface area contributed by atoms with E-state index in [2.05, 4.69) is 67.3 Å². The number of para-hydroxylation sites is 1. The number of aromatic nitrogens is 1. The van der Waals surface area contributed by atoms with Gasteiger partial charge in [-0.3, -0.25) is 0 Å². The molecule has 0 bridgehead atoms. The third kappa shape index (κ3) is 5.84. The Morgan fingerprint density at radius 2 is 1.88 bits per heavy atom. The van der Waals surface area contributed by atoms with Crippen molar-refractivity contribution in [3.05, 3.63) is 76.3 Å². The minimum atomic E-state index is -0.500. The van der Waals surface area contributed by atoms with E-state index in [1.807, 2.05) is 20.8 Å². The second-order valence-electron chi connectivity index (χ2n) is 13.2. The molecule has 0 spiro atoms. The van der Waals surface area contributed by atoms with E-state index in [-0.39, 0.29) is 6.09 Å². The standard InChI is InChI=1S/C35H43N3O4/c1-22-9-7-10-27(30-11-8-12-32(36-30)38-18-26-17-28(26)31(38)21-40-6)33(22)41-20-24-15-23(2)29-19-37(14-13-25(29)16-24)34(39)42-35(3,4)5/h7-12,15-16,26,28,31H,13-14,17-21H2,1-6H3/t26-,28-,31+/m1/s1. The lowest BCUT2D eigenvalue weighted by Gasteiger charge is -2.32. The van der Waals surface area contributed by atoms with Gasteiger partial charge in [0.2, 0.25) is 0 Å². The first-order valence-corrected chi connectivity index (χ1v) is 15.2. The number of carbonyl (C=O) groups excluding carboxylic acids is 1. The zero-order valence-corrected chi connectivity index (χ0v) is 25.8. The Hall–Kier alpha value is -3.58. The number of aryl methyl sites for hydroxylation is 2. The summed E-state index contributed by atoms with van der Waals surface area (Å²) in [5.41, 5.74) is 7.31. The number of hydrogen-bond acceptors (Lipinski definition) is 6. The molecule has 3 heterocycles. The zero-order valence-electron chi connectivity index (χ0n) is 25.8. The number of benzene rings is 2. The smallest absolute Gasteiger partial charge is 0.410 e. The van der Waals surface area contributed by atoms with Gasteiger partial charge in [0.05, 0.1) is 18.3 Å². The topological polar surface area (TPSA) is 64.1 Å². The predicted molar refractivity (Wildman–Crippen MR) is 165 cm³/mol. The number of hydrogen-bond donors (Lipinski definition) is 0. The molecule has 42 heavy (non-hydrogen) atoms. The molecule has 2 fully saturated rings. The first kappa shape index (κ1) is 28.5. The van der Waals surface area contributed by atoms with Crippen molar-refractivity contribution in [2.24, 2.45) is 11.8 Å². The van der Waals surface area contributed by atoms with E-state index in [1.54, 1.807) is 12.0 Å². The first-order chi connectivity index (χ1) is 20.1. The van der Waals surface area contributed by atoms with Crippen molar-refractivity contribution in [3.8, 4) is 17.0 Å². The van der Waals surface area contributed by atoms with E-state index in [9.17, 15) is 4.79 Å². The van der Waals surface area contributed by atoms with Crippen LogP contribution in [0, 0.1) is 25.7 Å². The average Bonchev–Trinajstić information content (AvgIpc) is 3.64. The molecule has 1 aromatic heterocycles. The van der Waals surface area contributed by atoms with Gasteiger partial charge in [-0.05, 0) is 105 Å². The number of rotatable bonds is 7. The van der Waals surface area contributed by atoms with Gasteiger partial charge in [-0.1, -0.05) is 30.3 Å². The Kier molecular flexibility index (Phi) is 7.64. The second-order valence-corrected chi connectivity index (χ2v) is 13.2. The zero-order chi connectivity index (χ0) is 29.6. The van der Waals surface area contributed by atoms with Crippen LogP contribution in [0.3, 0.4) is 0 Å². The summed E-state index contributed by atoms with van der Waals surface area (Å²) in [6, 6.07) is 17.4. The molecule has 3 aromatic rings. The molecule has 2 aromatic carbocycles. The monoisotopic (exact) mass is 569 g/mol. The number of anilines is 1. The number of piperidine rings is 1.